The maximum Gasteiger partial charge on any atom is 0.240 e. The summed E-state index contributed by atoms with van der Waals surface area (Å²) in [5.41, 5.74) is 0.996. The van der Waals surface area contributed by atoms with Gasteiger partial charge in [-0.15, -0.1) is 0 Å². The zero-order valence-electron chi connectivity index (χ0n) is 18.3. The Morgan fingerprint density at radius 3 is 2.47 bits per heavy atom. The molecule has 172 valence electrons. The molecule has 2 aromatic carbocycles. The topological polar surface area (TPSA) is 114 Å². The molecular formula is C22H27N3O6S. The van der Waals surface area contributed by atoms with E-state index >= 15 is 0 Å². The number of anilines is 2. The minimum absolute atomic E-state index is 0.0552. The van der Waals surface area contributed by atoms with Crippen LogP contribution in [-0.4, -0.2) is 47.5 Å². The Morgan fingerprint density at radius 1 is 1.12 bits per heavy atom. The van der Waals surface area contributed by atoms with Gasteiger partial charge in [-0.2, -0.15) is 0 Å². The van der Waals surface area contributed by atoms with Crippen LogP contribution in [0.25, 0.3) is 0 Å². The van der Waals surface area contributed by atoms with Crippen molar-refractivity contribution >= 4 is 33.2 Å². The minimum Gasteiger partial charge on any atom is -0.497 e. The lowest BCUT2D eigenvalue weighted by atomic mass is 10.1. The van der Waals surface area contributed by atoms with Gasteiger partial charge in [0, 0.05) is 31.3 Å². The van der Waals surface area contributed by atoms with Crippen molar-refractivity contribution in [3.63, 3.8) is 0 Å². The number of hydrogen-bond acceptors (Lipinski definition) is 6. The second kappa shape index (κ2) is 10.0. The Bertz CT molecular complexity index is 1090. The first kappa shape index (κ1) is 23.6. The lowest BCUT2D eigenvalue weighted by Gasteiger charge is -2.20. The molecule has 0 spiro atoms. The van der Waals surface area contributed by atoms with E-state index in [1.165, 1.54) is 43.4 Å². The van der Waals surface area contributed by atoms with Crippen molar-refractivity contribution in [1.82, 2.24) is 4.72 Å². The summed E-state index contributed by atoms with van der Waals surface area (Å²) in [6, 6.07) is 11.1. The van der Waals surface area contributed by atoms with Crippen LogP contribution in [0, 0.1) is 5.92 Å². The molecule has 0 aliphatic carbocycles. The number of nitrogens with one attached hydrogen (secondary N) is 2. The highest BCUT2D eigenvalue weighted by Gasteiger charge is 2.36. The molecule has 1 fully saturated rings. The standard InChI is InChI=1S/C22H27N3O6S/c1-4-11-23-32(28,29)18-8-5-16(6-9-18)24-22(27)15-12-21(26)25(14-15)19-13-17(30-2)7-10-20(19)31-3/h5-10,13,15,23H,4,11-12,14H2,1-3H3,(H,24,27)/t15-/m1/s1. The number of carbonyl (C=O) groups is 2. The molecule has 32 heavy (non-hydrogen) atoms. The van der Waals surface area contributed by atoms with Crippen LogP contribution < -0.4 is 24.4 Å². The Balaban J connectivity index is 1.69. The van der Waals surface area contributed by atoms with E-state index in [9.17, 15) is 18.0 Å². The van der Waals surface area contributed by atoms with Crippen molar-refractivity contribution in [1.29, 1.82) is 0 Å². The molecule has 1 atom stereocenters. The minimum atomic E-state index is -3.58. The van der Waals surface area contributed by atoms with E-state index in [4.69, 9.17) is 9.47 Å². The average molecular weight is 462 g/mol. The van der Waals surface area contributed by atoms with Crippen molar-refractivity contribution in [2.45, 2.75) is 24.7 Å². The van der Waals surface area contributed by atoms with Gasteiger partial charge in [-0.05, 0) is 42.8 Å². The molecule has 2 amide bonds. The first-order valence-corrected chi connectivity index (χ1v) is 11.7. The van der Waals surface area contributed by atoms with E-state index in [0.29, 0.717) is 35.8 Å². The molecule has 1 saturated heterocycles. The maximum atomic E-state index is 12.8. The first-order valence-electron chi connectivity index (χ1n) is 10.2. The fraction of sp³-hybridized carbons (Fsp3) is 0.364. The second-order valence-corrected chi connectivity index (χ2v) is 9.12. The molecule has 0 saturated carbocycles. The lowest BCUT2D eigenvalue weighted by Crippen LogP contribution is -2.28. The summed E-state index contributed by atoms with van der Waals surface area (Å²) in [7, 11) is -0.534. The van der Waals surface area contributed by atoms with Crippen LogP contribution in [0.2, 0.25) is 0 Å². The number of ether oxygens (including phenoxy) is 2. The summed E-state index contributed by atoms with van der Waals surface area (Å²) in [6.07, 6.45) is 0.742. The van der Waals surface area contributed by atoms with Gasteiger partial charge in [-0.1, -0.05) is 6.92 Å². The normalized spacial score (nSPS) is 16.2. The molecule has 2 aromatic rings. The molecular weight excluding hydrogens is 434 g/mol. The van der Waals surface area contributed by atoms with E-state index in [1.54, 1.807) is 18.2 Å². The van der Waals surface area contributed by atoms with Gasteiger partial charge >= 0.3 is 0 Å². The zero-order valence-corrected chi connectivity index (χ0v) is 19.1. The summed E-state index contributed by atoms with van der Waals surface area (Å²) in [6.45, 7) is 2.42. The molecule has 9 nitrogen and oxygen atoms in total. The van der Waals surface area contributed by atoms with Crippen LogP contribution in [0.1, 0.15) is 19.8 Å². The quantitative estimate of drug-likeness (QED) is 0.593. The van der Waals surface area contributed by atoms with Crippen LogP contribution in [0.4, 0.5) is 11.4 Å². The smallest absolute Gasteiger partial charge is 0.240 e. The summed E-state index contributed by atoms with van der Waals surface area (Å²) in [4.78, 5) is 27.0. The molecule has 10 heteroatoms. The van der Waals surface area contributed by atoms with Crippen LogP contribution in [0.5, 0.6) is 11.5 Å². The van der Waals surface area contributed by atoms with Gasteiger partial charge in [0.1, 0.15) is 11.5 Å². The monoisotopic (exact) mass is 461 g/mol. The van der Waals surface area contributed by atoms with Gasteiger partial charge in [-0.3, -0.25) is 9.59 Å². The molecule has 0 unspecified atom stereocenters. The number of benzene rings is 2. The van der Waals surface area contributed by atoms with Crippen molar-refractivity contribution in [2.24, 2.45) is 5.92 Å². The number of nitrogens with zero attached hydrogens (tertiary/aromatic N) is 1. The highest BCUT2D eigenvalue weighted by atomic mass is 32.2. The molecule has 3 rings (SSSR count). The number of methoxy groups -OCH3 is 2. The van der Waals surface area contributed by atoms with Crippen molar-refractivity contribution in [3.05, 3.63) is 42.5 Å². The van der Waals surface area contributed by atoms with Crippen molar-refractivity contribution in [3.8, 4) is 11.5 Å². The molecule has 0 bridgehead atoms. The molecule has 0 radical (unpaired) electrons. The molecule has 1 heterocycles. The van der Waals surface area contributed by atoms with Crippen LogP contribution in [0.3, 0.4) is 0 Å². The number of carbonyl (C=O) groups excluding carboxylic acids is 2. The van der Waals surface area contributed by atoms with Gasteiger partial charge in [0.2, 0.25) is 21.8 Å². The van der Waals surface area contributed by atoms with Gasteiger partial charge in [0.25, 0.3) is 0 Å². The number of sulfonamides is 1. The molecule has 1 aliphatic rings. The first-order chi connectivity index (χ1) is 15.3. The van der Waals surface area contributed by atoms with Crippen molar-refractivity contribution < 1.29 is 27.5 Å². The van der Waals surface area contributed by atoms with E-state index < -0.39 is 15.9 Å². The third-order valence-electron chi connectivity index (χ3n) is 5.15. The van der Waals surface area contributed by atoms with E-state index in [0.717, 1.165) is 0 Å². The Kier molecular flexibility index (Phi) is 7.37. The summed E-state index contributed by atoms with van der Waals surface area (Å²) in [5.74, 6) is 0.00858. The lowest BCUT2D eigenvalue weighted by molar-refractivity contribution is -0.122. The summed E-state index contributed by atoms with van der Waals surface area (Å²) >= 11 is 0. The SMILES string of the molecule is CCCNS(=O)(=O)c1ccc(NC(=O)[C@@H]2CC(=O)N(c3cc(OC)ccc3OC)C2)cc1. The zero-order chi connectivity index (χ0) is 23.3. The van der Waals surface area contributed by atoms with Gasteiger partial charge in [0.05, 0.1) is 30.7 Å². The highest BCUT2D eigenvalue weighted by Crippen LogP contribution is 2.36. The number of amides is 2. The third-order valence-corrected chi connectivity index (χ3v) is 6.62. The third kappa shape index (κ3) is 5.20. The Labute approximate surface area is 187 Å². The van der Waals surface area contributed by atoms with Crippen LogP contribution in [-0.2, 0) is 19.6 Å². The van der Waals surface area contributed by atoms with Crippen molar-refractivity contribution in [2.75, 3.05) is 37.5 Å². The predicted octanol–water partition coefficient (Wildman–Crippen LogP) is 2.38. The van der Waals surface area contributed by atoms with Gasteiger partial charge in [0.15, 0.2) is 0 Å². The average Bonchev–Trinajstić information content (AvgIpc) is 3.19. The predicted molar refractivity (Wildman–Crippen MR) is 121 cm³/mol. The summed E-state index contributed by atoms with van der Waals surface area (Å²) in [5, 5.41) is 2.76. The van der Waals surface area contributed by atoms with Gasteiger partial charge in [-0.25, -0.2) is 13.1 Å². The number of hydrogen-bond donors (Lipinski definition) is 2. The maximum absolute atomic E-state index is 12.8. The van der Waals surface area contributed by atoms with E-state index in [2.05, 4.69) is 10.0 Å². The van der Waals surface area contributed by atoms with E-state index in [1.807, 2.05) is 6.92 Å². The van der Waals surface area contributed by atoms with Crippen LogP contribution >= 0.6 is 0 Å². The fourth-order valence-corrected chi connectivity index (χ4v) is 4.54. The summed E-state index contributed by atoms with van der Waals surface area (Å²) < 4.78 is 37.4. The molecule has 2 N–H and O–H groups in total. The van der Waals surface area contributed by atoms with Crippen LogP contribution in [0.15, 0.2) is 47.4 Å². The number of rotatable bonds is 9. The van der Waals surface area contributed by atoms with Gasteiger partial charge < -0.3 is 19.7 Å². The fourth-order valence-electron chi connectivity index (χ4n) is 3.41. The molecule has 0 aromatic heterocycles. The Morgan fingerprint density at radius 2 is 1.84 bits per heavy atom. The van der Waals surface area contributed by atoms with E-state index in [-0.39, 0.29) is 29.7 Å². The Hall–Kier alpha value is -3.11. The largest absolute Gasteiger partial charge is 0.497 e. The highest BCUT2D eigenvalue weighted by molar-refractivity contribution is 7.89. The second-order valence-electron chi connectivity index (χ2n) is 7.35. The molecule has 1 aliphatic heterocycles.